The zero-order valence-corrected chi connectivity index (χ0v) is 16.1. The van der Waals surface area contributed by atoms with Crippen molar-refractivity contribution in [3.63, 3.8) is 0 Å². The highest BCUT2D eigenvalue weighted by molar-refractivity contribution is 6.01. The molecule has 2 aliphatic heterocycles. The van der Waals surface area contributed by atoms with E-state index in [1.807, 2.05) is 53.1 Å². The molecule has 8 nitrogen and oxygen atoms in total. The zero-order chi connectivity index (χ0) is 19.7. The molecule has 2 amide bonds. The quantitative estimate of drug-likeness (QED) is 0.863. The highest BCUT2D eigenvalue weighted by atomic mass is 16.2. The molecule has 0 bridgehead atoms. The van der Waals surface area contributed by atoms with Gasteiger partial charge in [0, 0.05) is 37.9 Å². The van der Waals surface area contributed by atoms with Crippen molar-refractivity contribution in [2.75, 3.05) is 41.8 Å². The van der Waals surface area contributed by atoms with Crippen LogP contribution in [0.3, 0.4) is 0 Å². The minimum absolute atomic E-state index is 0.0358. The normalized spacial score (nSPS) is 22.7. The summed E-state index contributed by atoms with van der Waals surface area (Å²) in [7, 11) is 1.80. The molecule has 0 radical (unpaired) electrons. The molecular formula is C20H24N6O2. The molecule has 2 atom stereocenters. The Balaban J connectivity index is 1.48. The van der Waals surface area contributed by atoms with Crippen LogP contribution in [0.15, 0.2) is 42.7 Å². The fourth-order valence-corrected chi connectivity index (χ4v) is 3.75. The van der Waals surface area contributed by atoms with Crippen molar-refractivity contribution in [2.45, 2.75) is 25.4 Å². The Kier molecular flexibility index (Phi) is 4.85. The number of carbonyl (C=O) groups excluding carboxylic acids is 2. The molecule has 0 spiro atoms. The molecule has 0 saturated carbocycles. The van der Waals surface area contributed by atoms with Gasteiger partial charge in [-0.3, -0.25) is 9.59 Å². The second-order valence-electron chi connectivity index (χ2n) is 7.32. The number of amides is 2. The molecule has 2 aromatic rings. The van der Waals surface area contributed by atoms with E-state index in [1.165, 1.54) is 6.33 Å². The Morgan fingerprint density at radius 1 is 1.11 bits per heavy atom. The van der Waals surface area contributed by atoms with Crippen LogP contribution in [0.5, 0.6) is 0 Å². The Bertz CT molecular complexity index is 874. The first kappa shape index (κ1) is 18.2. The summed E-state index contributed by atoms with van der Waals surface area (Å²) in [5.41, 5.74) is 0.906. The molecule has 28 heavy (non-hydrogen) atoms. The van der Waals surface area contributed by atoms with E-state index in [1.54, 1.807) is 11.9 Å². The summed E-state index contributed by atoms with van der Waals surface area (Å²) in [5.74, 6) is 1.39. The second kappa shape index (κ2) is 7.46. The lowest BCUT2D eigenvalue weighted by Crippen LogP contribution is -2.48. The van der Waals surface area contributed by atoms with Crippen molar-refractivity contribution in [1.29, 1.82) is 0 Å². The average Bonchev–Trinajstić information content (AvgIpc) is 2.98. The lowest BCUT2D eigenvalue weighted by molar-refractivity contribution is -0.129. The summed E-state index contributed by atoms with van der Waals surface area (Å²) < 4.78 is 0. The summed E-state index contributed by atoms with van der Waals surface area (Å²) in [6, 6.07) is 11.3. The fourth-order valence-electron chi connectivity index (χ4n) is 3.75. The maximum Gasteiger partial charge on any atom is 0.249 e. The number of piperazine rings is 1. The SMILES string of the molecule is CC1CC(Nc2cc(N3CCN(C)C(=O)C3)ncn2)C(=O)N1c1ccccc1. The maximum absolute atomic E-state index is 12.9. The number of rotatable bonds is 4. The van der Waals surface area contributed by atoms with E-state index in [0.29, 0.717) is 31.1 Å². The van der Waals surface area contributed by atoms with Crippen molar-refractivity contribution < 1.29 is 9.59 Å². The topological polar surface area (TPSA) is 81.7 Å². The van der Waals surface area contributed by atoms with Gasteiger partial charge in [-0.05, 0) is 25.5 Å². The fraction of sp³-hybridized carbons (Fsp3) is 0.400. The number of nitrogens with one attached hydrogen (secondary N) is 1. The number of hydrogen-bond donors (Lipinski definition) is 1. The summed E-state index contributed by atoms with van der Waals surface area (Å²) in [4.78, 5) is 39.0. The highest BCUT2D eigenvalue weighted by Gasteiger charge is 2.38. The largest absolute Gasteiger partial charge is 0.358 e. The number of likely N-dealkylation sites (N-methyl/N-ethyl adjacent to an activating group) is 1. The Morgan fingerprint density at radius 2 is 1.89 bits per heavy atom. The van der Waals surface area contributed by atoms with Crippen LogP contribution in [0.4, 0.5) is 17.3 Å². The third kappa shape index (κ3) is 3.49. The molecule has 2 fully saturated rings. The smallest absolute Gasteiger partial charge is 0.249 e. The van der Waals surface area contributed by atoms with Gasteiger partial charge < -0.3 is 20.0 Å². The zero-order valence-electron chi connectivity index (χ0n) is 16.1. The molecule has 1 aromatic carbocycles. The van der Waals surface area contributed by atoms with Crippen molar-refractivity contribution >= 4 is 29.1 Å². The summed E-state index contributed by atoms with van der Waals surface area (Å²) in [6.07, 6.45) is 2.17. The van der Waals surface area contributed by atoms with Crippen LogP contribution in [0, 0.1) is 0 Å². The average molecular weight is 380 g/mol. The van der Waals surface area contributed by atoms with Crippen molar-refractivity contribution in [1.82, 2.24) is 14.9 Å². The summed E-state index contributed by atoms with van der Waals surface area (Å²) >= 11 is 0. The number of anilines is 3. The van der Waals surface area contributed by atoms with Gasteiger partial charge in [0.05, 0.1) is 6.54 Å². The van der Waals surface area contributed by atoms with Crippen LogP contribution >= 0.6 is 0 Å². The van der Waals surface area contributed by atoms with Crippen molar-refractivity contribution in [3.05, 3.63) is 42.7 Å². The van der Waals surface area contributed by atoms with Gasteiger partial charge in [-0.2, -0.15) is 0 Å². The first-order valence-electron chi connectivity index (χ1n) is 9.48. The van der Waals surface area contributed by atoms with Crippen LogP contribution in [0.25, 0.3) is 0 Å². The molecule has 0 aliphatic carbocycles. The molecular weight excluding hydrogens is 356 g/mol. The van der Waals surface area contributed by atoms with E-state index in [9.17, 15) is 9.59 Å². The number of carbonyl (C=O) groups is 2. The van der Waals surface area contributed by atoms with Crippen LogP contribution in [-0.2, 0) is 9.59 Å². The van der Waals surface area contributed by atoms with Gasteiger partial charge in [0.2, 0.25) is 11.8 Å². The minimum atomic E-state index is -0.341. The minimum Gasteiger partial charge on any atom is -0.358 e. The van der Waals surface area contributed by atoms with Crippen LogP contribution in [0.1, 0.15) is 13.3 Å². The van der Waals surface area contributed by atoms with E-state index >= 15 is 0 Å². The van der Waals surface area contributed by atoms with E-state index in [-0.39, 0.29) is 23.9 Å². The van der Waals surface area contributed by atoms with Crippen molar-refractivity contribution in [3.8, 4) is 0 Å². The molecule has 3 heterocycles. The van der Waals surface area contributed by atoms with E-state index < -0.39 is 0 Å². The molecule has 8 heteroatoms. The first-order valence-corrected chi connectivity index (χ1v) is 9.48. The number of hydrogen-bond acceptors (Lipinski definition) is 6. The molecule has 2 saturated heterocycles. The lowest BCUT2D eigenvalue weighted by atomic mass is 10.2. The predicted molar refractivity (Wildman–Crippen MR) is 107 cm³/mol. The van der Waals surface area contributed by atoms with Gasteiger partial charge in [0.15, 0.2) is 0 Å². The van der Waals surface area contributed by atoms with Gasteiger partial charge >= 0.3 is 0 Å². The molecule has 2 aliphatic rings. The van der Waals surface area contributed by atoms with Gasteiger partial charge in [-0.25, -0.2) is 9.97 Å². The summed E-state index contributed by atoms with van der Waals surface area (Å²) in [6.45, 7) is 3.73. The molecule has 146 valence electrons. The standard InChI is InChI=1S/C20H24N6O2/c1-14-10-16(20(28)26(14)15-6-4-3-5-7-15)23-17-11-18(22-13-21-17)25-9-8-24(2)19(27)12-25/h3-7,11,13-14,16H,8-10,12H2,1-2H3,(H,21,22,23). The van der Waals surface area contributed by atoms with E-state index in [0.717, 1.165) is 12.2 Å². The van der Waals surface area contributed by atoms with Crippen LogP contribution < -0.4 is 15.1 Å². The second-order valence-corrected chi connectivity index (χ2v) is 7.32. The Labute approximate surface area is 164 Å². The number of aromatic nitrogens is 2. The van der Waals surface area contributed by atoms with Crippen LogP contribution in [0.2, 0.25) is 0 Å². The third-order valence-electron chi connectivity index (χ3n) is 5.34. The third-order valence-corrected chi connectivity index (χ3v) is 5.34. The number of para-hydroxylation sites is 1. The monoisotopic (exact) mass is 380 g/mol. The van der Waals surface area contributed by atoms with Gasteiger partial charge in [0.25, 0.3) is 0 Å². The maximum atomic E-state index is 12.9. The highest BCUT2D eigenvalue weighted by Crippen LogP contribution is 2.28. The lowest BCUT2D eigenvalue weighted by Gasteiger charge is -2.32. The molecule has 1 N–H and O–H groups in total. The number of nitrogens with zero attached hydrogens (tertiary/aromatic N) is 5. The molecule has 4 rings (SSSR count). The van der Waals surface area contributed by atoms with Gasteiger partial charge in [0.1, 0.15) is 24.0 Å². The first-order chi connectivity index (χ1) is 13.5. The van der Waals surface area contributed by atoms with E-state index in [2.05, 4.69) is 15.3 Å². The van der Waals surface area contributed by atoms with Crippen molar-refractivity contribution in [2.24, 2.45) is 0 Å². The van der Waals surface area contributed by atoms with Gasteiger partial charge in [-0.15, -0.1) is 0 Å². The Morgan fingerprint density at radius 3 is 2.64 bits per heavy atom. The number of benzene rings is 1. The van der Waals surface area contributed by atoms with E-state index in [4.69, 9.17) is 0 Å². The predicted octanol–water partition coefficient (Wildman–Crippen LogP) is 1.36. The summed E-state index contributed by atoms with van der Waals surface area (Å²) in [5, 5.41) is 3.26. The van der Waals surface area contributed by atoms with Crippen LogP contribution in [-0.4, -0.2) is 65.4 Å². The molecule has 1 aromatic heterocycles. The molecule has 2 unspecified atom stereocenters. The Hall–Kier alpha value is -3.16. The van der Waals surface area contributed by atoms with Gasteiger partial charge in [-0.1, -0.05) is 18.2 Å².